The Hall–Kier alpha value is -3.04. The largest absolute Gasteiger partial charge is 0.334 e. The number of amides is 1. The molecule has 0 unspecified atom stereocenters. The van der Waals surface area contributed by atoms with Crippen LogP contribution in [0.3, 0.4) is 0 Å². The van der Waals surface area contributed by atoms with E-state index in [4.69, 9.17) is 0 Å². The number of alkyl halides is 4. The van der Waals surface area contributed by atoms with E-state index < -0.39 is 36.1 Å². The lowest BCUT2D eigenvalue weighted by atomic mass is 9.98. The zero-order valence-electron chi connectivity index (χ0n) is 15.0. The Labute approximate surface area is 161 Å². The van der Waals surface area contributed by atoms with E-state index in [1.165, 1.54) is 28.0 Å². The van der Waals surface area contributed by atoms with E-state index in [1.54, 1.807) is 6.07 Å². The number of pyridine rings is 1. The topological polar surface area (TPSA) is 51.0 Å². The monoisotopic (exact) mass is 410 g/mol. The zero-order valence-corrected chi connectivity index (χ0v) is 15.0. The summed E-state index contributed by atoms with van der Waals surface area (Å²) in [7, 11) is 0. The molecule has 0 saturated carbocycles. The molecule has 1 aromatic carbocycles. The molecular formula is C19H15F5N4O. The van der Waals surface area contributed by atoms with Gasteiger partial charge in [0.2, 0.25) is 5.91 Å². The van der Waals surface area contributed by atoms with Gasteiger partial charge in [-0.25, -0.2) is 22.0 Å². The molecule has 0 N–H and O–H groups in total. The van der Waals surface area contributed by atoms with Crippen LogP contribution in [-0.4, -0.2) is 51.0 Å². The molecule has 2 aromatic heterocycles. The van der Waals surface area contributed by atoms with Crippen LogP contribution in [0.5, 0.6) is 0 Å². The number of likely N-dealkylation sites (tertiary alicyclic amines) is 1. The van der Waals surface area contributed by atoms with Crippen LogP contribution in [0.1, 0.15) is 12.0 Å². The predicted octanol–water partition coefficient (Wildman–Crippen LogP) is 3.70. The van der Waals surface area contributed by atoms with Gasteiger partial charge < -0.3 is 4.90 Å². The molecule has 3 heterocycles. The fraction of sp³-hybridized carbons (Fsp3) is 0.316. The third-order valence-electron chi connectivity index (χ3n) is 4.88. The second-order valence-corrected chi connectivity index (χ2v) is 7.00. The molecule has 1 aliphatic rings. The van der Waals surface area contributed by atoms with Crippen molar-refractivity contribution in [3.8, 4) is 11.1 Å². The van der Waals surface area contributed by atoms with Crippen molar-refractivity contribution in [1.29, 1.82) is 0 Å². The number of benzene rings is 1. The van der Waals surface area contributed by atoms with Gasteiger partial charge >= 0.3 is 0 Å². The van der Waals surface area contributed by atoms with Crippen LogP contribution in [0.25, 0.3) is 22.2 Å². The predicted molar refractivity (Wildman–Crippen MR) is 94.3 cm³/mol. The van der Waals surface area contributed by atoms with Crippen molar-refractivity contribution in [2.24, 2.45) is 0 Å². The number of hydrogen-bond donors (Lipinski definition) is 0. The lowest BCUT2D eigenvalue weighted by Crippen LogP contribution is -2.62. The maximum absolute atomic E-state index is 13.7. The van der Waals surface area contributed by atoms with Crippen LogP contribution in [0.15, 0.2) is 36.7 Å². The van der Waals surface area contributed by atoms with Gasteiger partial charge in [-0.3, -0.25) is 14.5 Å². The Balaban J connectivity index is 1.60. The molecule has 1 saturated heterocycles. The van der Waals surface area contributed by atoms with Crippen molar-refractivity contribution in [3.05, 3.63) is 48.0 Å². The molecule has 0 atom stereocenters. The molecule has 152 valence electrons. The molecule has 1 aliphatic heterocycles. The zero-order chi connectivity index (χ0) is 20.8. The minimum Gasteiger partial charge on any atom is -0.334 e. The van der Waals surface area contributed by atoms with Crippen molar-refractivity contribution in [3.63, 3.8) is 0 Å². The highest BCUT2D eigenvalue weighted by atomic mass is 19.3. The molecule has 0 bridgehead atoms. The first-order valence-electron chi connectivity index (χ1n) is 8.72. The molecule has 0 radical (unpaired) electrons. The molecule has 10 heteroatoms. The van der Waals surface area contributed by atoms with Crippen LogP contribution in [0.2, 0.25) is 0 Å². The smallest absolute Gasteiger partial charge is 0.266 e. The lowest BCUT2D eigenvalue weighted by Gasteiger charge is -2.42. The van der Waals surface area contributed by atoms with Gasteiger partial charge in [0.05, 0.1) is 30.4 Å². The summed E-state index contributed by atoms with van der Waals surface area (Å²) in [5.41, 5.74) is -1.00. The van der Waals surface area contributed by atoms with Crippen molar-refractivity contribution in [1.82, 2.24) is 19.7 Å². The van der Waals surface area contributed by atoms with Gasteiger partial charge in [-0.15, -0.1) is 0 Å². The second-order valence-electron chi connectivity index (χ2n) is 7.00. The van der Waals surface area contributed by atoms with Crippen molar-refractivity contribution >= 4 is 16.9 Å². The van der Waals surface area contributed by atoms with Crippen LogP contribution in [0.4, 0.5) is 22.0 Å². The fourth-order valence-corrected chi connectivity index (χ4v) is 3.26. The van der Waals surface area contributed by atoms with Gasteiger partial charge in [0.15, 0.2) is 5.67 Å². The maximum atomic E-state index is 13.7. The van der Waals surface area contributed by atoms with Gasteiger partial charge in [-0.2, -0.15) is 5.10 Å². The summed E-state index contributed by atoms with van der Waals surface area (Å²) < 4.78 is 67.0. The number of halogens is 5. The molecule has 1 fully saturated rings. The first kappa shape index (κ1) is 19.3. The number of fused-ring (bicyclic) bond motifs is 1. The minimum atomic E-state index is -2.96. The third kappa shape index (κ3) is 3.54. The van der Waals surface area contributed by atoms with E-state index in [2.05, 4.69) is 10.1 Å². The molecular weight excluding hydrogens is 395 g/mol. The number of nitrogens with zero attached hydrogens (tertiary/aromatic N) is 4. The quantitative estimate of drug-likeness (QED) is 0.603. The van der Waals surface area contributed by atoms with Gasteiger partial charge in [0, 0.05) is 11.8 Å². The summed E-state index contributed by atoms with van der Waals surface area (Å²) in [6.45, 7) is -1.97. The molecule has 4 rings (SSSR count). The van der Waals surface area contributed by atoms with E-state index in [0.29, 0.717) is 22.2 Å². The normalized spacial score (nSPS) is 15.7. The SMILES string of the molecule is O=C(Cn1ncc2ncc(-c3ccc(F)c(C(F)F)c3)cc21)N1CC(F)(CF)C1. The molecule has 0 aliphatic carbocycles. The summed E-state index contributed by atoms with van der Waals surface area (Å²) in [4.78, 5) is 17.7. The van der Waals surface area contributed by atoms with Gasteiger partial charge in [0.1, 0.15) is 24.6 Å². The van der Waals surface area contributed by atoms with Crippen molar-refractivity contribution in [2.45, 2.75) is 18.6 Å². The van der Waals surface area contributed by atoms with E-state index in [1.807, 2.05) is 0 Å². The summed E-state index contributed by atoms with van der Waals surface area (Å²) in [6, 6.07) is 4.96. The Kier molecular flexibility index (Phi) is 4.71. The maximum Gasteiger partial charge on any atom is 0.266 e. The van der Waals surface area contributed by atoms with Crippen LogP contribution in [0, 0.1) is 5.82 Å². The molecule has 1 amide bonds. The summed E-state index contributed by atoms with van der Waals surface area (Å²) >= 11 is 0. The highest BCUT2D eigenvalue weighted by Gasteiger charge is 2.45. The Bertz CT molecular complexity index is 1080. The number of carbonyl (C=O) groups excluding carboxylic acids is 1. The summed E-state index contributed by atoms with van der Waals surface area (Å²) in [5.74, 6) is -1.43. The van der Waals surface area contributed by atoms with Gasteiger partial charge in [-0.05, 0) is 23.8 Å². The van der Waals surface area contributed by atoms with E-state index in [0.717, 1.165) is 12.1 Å². The van der Waals surface area contributed by atoms with E-state index in [9.17, 15) is 26.7 Å². The highest BCUT2D eigenvalue weighted by Crippen LogP contribution is 2.30. The van der Waals surface area contributed by atoms with Crippen LogP contribution < -0.4 is 0 Å². The van der Waals surface area contributed by atoms with Gasteiger partial charge in [-0.1, -0.05) is 6.07 Å². The standard InChI is InChI=1S/C19H15F5N4O/c20-8-19(24)9-27(10-19)17(29)7-28-16-4-12(5-25-15(16)6-26-28)11-1-2-14(21)13(3-11)18(22)23/h1-6,18H,7-10H2. The van der Waals surface area contributed by atoms with Gasteiger partial charge in [0.25, 0.3) is 6.43 Å². The van der Waals surface area contributed by atoms with Crippen LogP contribution in [-0.2, 0) is 11.3 Å². The molecule has 0 spiro atoms. The summed E-state index contributed by atoms with van der Waals surface area (Å²) in [5, 5.41) is 4.09. The van der Waals surface area contributed by atoms with Crippen molar-refractivity contribution < 1.29 is 26.7 Å². The highest BCUT2D eigenvalue weighted by molar-refractivity contribution is 5.83. The fourth-order valence-electron chi connectivity index (χ4n) is 3.26. The molecule has 3 aromatic rings. The Morgan fingerprint density at radius 3 is 2.62 bits per heavy atom. The number of hydrogen-bond acceptors (Lipinski definition) is 3. The molecule has 29 heavy (non-hydrogen) atoms. The average Bonchev–Trinajstić information content (AvgIpc) is 3.07. The number of carbonyl (C=O) groups is 1. The first-order chi connectivity index (χ1) is 13.8. The summed E-state index contributed by atoms with van der Waals surface area (Å²) in [6.07, 6.45) is -0.0933. The van der Waals surface area contributed by atoms with Crippen molar-refractivity contribution in [2.75, 3.05) is 19.8 Å². The minimum absolute atomic E-state index is 0.206. The Morgan fingerprint density at radius 1 is 1.17 bits per heavy atom. The lowest BCUT2D eigenvalue weighted by molar-refractivity contribution is -0.147. The van der Waals surface area contributed by atoms with E-state index >= 15 is 0 Å². The first-order valence-corrected chi connectivity index (χ1v) is 8.72. The number of rotatable bonds is 5. The second kappa shape index (κ2) is 7.09. The Morgan fingerprint density at radius 2 is 1.93 bits per heavy atom. The number of aromatic nitrogens is 3. The molecule has 5 nitrogen and oxygen atoms in total. The van der Waals surface area contributed by atoms with E-state index in [-0.39, 0.29) is 19.6 Å². The average molecular weight is 410 g/mol. The van der Waals surface area contributed by atoms with Crippen LogP contribution >= 0.6 is 0 Å². The third-order valence-corrected chi connectivity index (χ3v) is 4.88.